The highest BCUT2D eigenvalue weighted by molar-refractivity contribution is 5.84. The second-order valence-corrected chi connectivity index (χ2v) is 11.4. The van der Waals surface area contributed by atoms with Crippen LogP contribution in [0, 0.1) is 0 Å². The van der Waals surface area contributed by atoms with Crippen LogP contribution in [0.5, 0.6) is 11.5 Å². The summed E-state index contributed by atoms with van der Waals surface area (Å²) in [7, 11) is 0. The van der Waals surface area contributed by atoms with E-state index in [4.69, 9.17) is 20.8 Å². The number of aromatic hydroxyl groups is 2. The van der Waals surface area contributed by atoms with Crippen molar-refractivity contribution in [1.29, 1.82) is 0 Å². The molecular formula is C30H36N8O6. The summed E-state index contributed by atoms with van der Waals surface area (Å²) >= 11 is 0. The van der Waals surface area contributed by atoms with Gasteiger partial charge in [-0.25, -0.2) is 4.98 Å². The smallest absolute Gasteiger partial charge is 0.246 e. The molecule has 2 aromatic carbocycles. The number of nitrogens with one attached hydrogen (secondary N) is 2. The van der Waals surface area contributed by atoms with Crippen LogP contribution in [0.4, 0.5) is 11.8 Å². The molecule has 2 fully saturated rings. The second-order valence-electron chi connectivity index (χ2n) is 11.4. The van der Waals surface area contributed by atoms with Gasteiger partial charge in [-0.05, 0) is 48.2 Å². The molecule has 1 aliphatic heterocycles. The zero-order valence-electron chi connectivity index (χ0n) is 23.9. The molecule has 2 aliphatic rings. The van der Waals surface area contributed by atoms with Crippen LogP contribution in [0.15, 0.2) is 54.9 Å². The molecule has 4 aromatic rings. The lowest BCUT2D eigenvalue weighted by atomic mass is 9.91. The van der Waals surface area contributed by atoms with Crippen LogP contribution < -0.4 is 21.3 Å². The van der Waals surface area contributed by atoms with Crippen LogP contribution in [0.3, 0.4) is 0 Å². The number of hydrogen-bond acceptors (Lipinski definition) is 12. The molecule has 1 saturated heterocycles. The van der Waals surface area contributed by atoms with Crippen molar-refractivity contribution in [2.75, 3.05) is 36.5 Å². The highest BCUT2D eigenvalue weighted by Gasteiger charge is 2.44. The van der Waals surface area contributed by atoms with E-state index in [0.717, 1.165) is 17.5 Å². The fourth-order valence-corrected chi connectivity index (χ4v) is 6.10. The first-order valence-electron chi connectivity index (χ1n) is 14.5. The van der Waals surface area contributed by atoms with Gasteiger partial charge in [0.05, 0.1) is 18.4 Å². The van der Waals surface area contributed by atoms with Gasteiger partial charge in [-0.15, -0.1) is 0 Å². The largest absolute Gasteiger partial charge is 0.508 e. The van der Waals surface area contributed by atoms with E-state index in [1.807, 2.05) is 29.2 Å². The molecule has 0 bridgehead atoms. The van der Waals surface area contributed by atoms with Gasteiger partial charge in [0.1, 0.15) is 30.3 Å². The van der Waals surface area contributed by atoms with Gasteiger partial charge in [0.25, 0.3) is 0 Å². The minimum Gasteiger partial charge on any atom is -0.508 e. The number of hydrogen-bond donors (Lipinski definition) is 8. The number of rotatable bonds is 9. The molecule has 232 valence electrons. The third-order valence-electron chi connectivity index (χ3n) is 8.48. The Kier molecular flexibility index (Phi) is 8.23. The molecule has 14 nitrogen and oxygen atoms in total. The van der Waals surface area contributed by atoms with Crippen molar-refractivity contribution in [3.05, 3.63) is 66.0 Å². The van der Waals surface area contributed by atoms with Crippen LogP contribution in [-0.2, 0) is 4.79 Å². The number of aliphatic hydroxyl groups excluding tert-OH is 3. The summed E-state index contributed by atoms with van der Waals surface area (Å²) in [4.78, 5) is 28.1. The predicted molar refractivity (Wildman–Crippen MR) is 161 cm³/mol. The number of imidazole rings is 1. The quantitative estimate of drug-likeness (QED) is 0.128. The minimum atomic E-state index is -1.25. The number of carbonyl (C=O) groups is 1. The molecular weight excluding hydrogens is 568 g/mol. The Morgan fingerprint density at radius 3 is 2.25 bits per heavy atom. The molecule has 1 saturated carbocycles. The van der Waals surface area contributed by atoms with Crippen molar-refractivity contribution in [3.8, 4) is 11.5 Å². The van der Waals surface area contributed by atoms with Crippen molar-refractivity contribution in [2.24, 2.45) is 5.73 Å². The summed E-state index contributed by atoms with van der Waals surface area (Å²) < 4.78 is 1.69. The van der Waals surface area contributed by atoms with Gasteiger partial charge in [0, 0.05) is 31.6 Å². The van der Waals surface area contributed by atoms with Gasteiger partial charge >= 0.3 is 0 Å². The summed E-state index contributed by atoms with van der Waals surface area (Å²) in [5, 5.41) is 56.5. The number of amides is 1. The van der Waals surface area contributed by atoms with Crippen molar-refractivity contribution in [1.82, 2.24) is 24.8 Å². The predicted octanol–water partition coefficient (Wildman–Crippen LogP) is 0.163. The van der Waals surface area contributed by atoms with E-state index >= 15 is 0 Å². The number of nitrogens with zero attached hydrogens (tertiary/aromatic N) is 5. The molecule has 1 aliphatic carbocycles. The molecule has 44 heavy (non-hydrogen) atoms. The topological polar surface area (TPSA) is 215 Å². The van der Waals surface area contributed by atoms with Crippen molar-refractivity contribution in [3.63, 3.8) is 0 Å². The first kappa shape index (κ1) is 29.6. The van der Waals surface area contributed by atoms with Crippen LogP contribution in [0.2, 0.25) is 0 Å². The van der Waals surface area contributed by atoms with Gasteiger partial charge in [-0.1, -0.05) is 24.3 Å². The van der Waals surface area contributed by atoms with Crippen LogP contribution in [0.25, 0.3) is 11.2 Å². The van der Waals surface area contributed by atoms with Gasteiger partial charge in [-0.3, -0.25) is 4.79 Å². The Morgan fingerprint density at radius 1 is 1.00 bits per heavy atom. The van der Waals surface area contributed by atoms with E-state index in [1.165, 1.54) is 6.33 Å². The van der Waals surface area contributed by atoms with Crippen molar-refractivity contribution >= 4 is 28.8 Å². The number of fused-ring (bicyclic) bond motifs is 1. The lowest BCUT2D eigenvalue weighted by Gasteiger charge is -2.22. The standard InChI is InChI=1S/C30H36N8O6/c31-18-9-10-37(13-18)30-35-28(32-12-21(16-1-5-19(40)6-2-16)17-3-7-20(41)8-4-17)25-29(36-30)38(15-33-25)23-11-22(26(43)27(23)44)34-24(42)14-39/h1-8,15,18,21-23,26-27,39-41,43-44H,9-14,31H2,(H,34,42)(H,32,35,36)/t18?,22-,23+,26+,27-/m0/s1. The lowest BCUT2D eigenvalue weighted by molar-refractivity contribution is -0.125. The summed E-state index contributed by atoms with van der Waals surface area (Å²) in [5.74, 6) is 0.383. The number of phenolic OH excluding ortho intramolecular Hbond substituents is 2. The Balaban J connectivity index is 1.36. The Bertz CT molecular complexity index is 1570. The first-order chi connectivity index (χ1) is 21.2. The first-order valence-corrected chi connectivity index (χ1v) is 14.5. The van der Waals surface area contributed by atoms with Gasteiger partial charge < -0.3 is 51.4 Å². The molecule has 5 atom stereocenters. The van der Waals surface area contributed by atoms with E-state index < -0.39 is 36.8 Å². The molecule has 9 N–H and O–H groups in total. The Labute approximate surface area is 252 Å². The zero-order chi connectivity index (χ0) is 31.0. The fourth-order valence-electron chi connectivity index (χ4n) is 6.10. The Hall–Kier alpha value is -4.50. The van der Waals surface area contributed by atoms with E-state index in [2.05, 4.69) is 15.6 Å². The molecule has 2 aromatic heterocycles. The summed E-state index contributed by atoms with van der Waals surface area (Å²) in [5.41, 5.74) is 8.95. The van der Waals surface area contributed by atoms with Gasteiger partial charge in [0.2, 0.25) is 11.9 Å². The summed E-state index contributed by atoms with van der Waals surface area (Å²) in [6.45, 7) is 0.900. The SMILES string of the molecule is NC1CCN(c2nc(NCC(c3ccc(O)cc3)c3ccc(O)cc3)c3ncn([C@@H]4C[C@H](NC(=O)CO)[C@@H](O)[C@H]4O)c3n2)C1. The zero-order valence-corrected chi connectivity index (χ0v) is 23.9. The molecule has 14 heteroatoms. The molecule has 1 amide bonds. The summed E-state index contributed by atoms with van der Waals surface area (Å²) in [6, 6.07) is 12.4. The number of nitrogens with two attached hydrogens (primary N) is 1. The van der Waals surface area contributed by atoms with Crippen LogP contribution in [0.1, 0.15) is 35.9 Å². The average molecular weight is 605 g/mol. The second kappa shape index (κ2) is 12.2. The van der Waals surface area contributed by atoms with E-state index in [1.54, 1.807) is 28.8 Å². The van der Waals surface area contributed by atoms with Gasteiger partial charge in [0.15, 0.2) is 17.0 Å². The van der Waals surface area contributed by atoms with E-state index in [0.29, 0.717) is 42.6 Å². The third-order valence-corrected chi connectivity index (χ3v) is 8.48. The van der Waals surface area contributed by atoms with Crippen LogP contribution >= 0.6 is 0 Å². The number of phenols is 2. The molecule has 6 rings (SSSR count). The van der Waals surface area contributed by atoms with Crippen molar-refractivity contribution < 1.29 is 30.3 Å². The highest BCUT2D eigenvalue weighted by Crippen LogP contribution is 2.35. The monoisotopic (exact) mass is 604 g/mol. The molecule has 3 heterocycles. The van der Waals surface area contributed by atoms with Crippen LogP contribution in [-0.4, -0.2) is 101 Å². The normalized spacial score (nSPS) is 23.5. The maximum Gasteiger partial charge on any atom is 0.246 e. The minimum absolute atomic E-state index is 0.0216. The lowest BCUT2D eigenvalue weighted by Crippen LogP contribution is -2.44. The maximum atomic E-state index is 11.8. The molecule has 0 spiro atoms. The van der Waals surface area contributed by atoms with Crippen molar-refractivity contribution in [2.45, 2.75) is 49.1 Å². The number of aliphatic hydroxyl groups is 3. The highest BCUT2D eigenvalue weighted by atomic mass is 16.3. The number of aromatic nitrogens is 4. The summed E-state index contributed by atoms with van der Waals surface area (Å²) in [6.07, 6.45) is 0.0465. The molecule has 1 unspecified atom stereocenters. The number of carbonyl (C=O) groups excluding carboxylic acids is 1. The van der Waals surface area contributed by atoms with Gasteiger partial charge in [-0.2, -0.15) is 9.97 Å². The fraction of sp³-hybridized carbons (Fsp3) is 0.400. The Morgan fingerprint density at radius 2 is 1.66 bits per heavy atom. The van der Waals surface area contributed by atoms with E-state index in [9.17, 15) is 25.2 Å². The number of anilines is 2. The maximum absolute atomic E-state index is 11.8. The third kappa shape index (κ3) is 5.84. The molecule has 0 radical (unpaired) electrons. The number of benzene rings is 2. The van der Waals surface area contributed by atoms with E-state index in [-0.39, 0.29) is 29.9 Å². The average Bonchev–Trinajstić information content (AvgIpc) is 3.72.